The van der Waals surface area contributed by atoms with Crippen LogP contribution in [0.5, 0.6) is 17.2 Å². The zero-order valence-corrected chi connectivity index (χ0v) is 20.8. The molecule has 0 N–H and O–H groups in total. The Labute approximate surface area is 210 Å². The Bertz CT molecular complexity index is 1280. The van der Waals surface area contributed by atoms with Crippen LogP contribution in [-0.4, -0.2) is 29.7 Å². The first-order valence-corrected chi connectivity index (χ1v) is 12.4. The molecule has 0 bridgehead atoms. The molecular weight excluding hydrogens is 483 g/mol. The second-order valence-corrected chi connectivity index (χ2v) is 9.40. The summed E-state index contributed by atoms with van der Waals surface area (Å²) in [5.41, 5.74) is -0.0177. The van der Waals surface area contributed by atoms with Crippen molar-refractivity contribution in [3.8, 4) is 17.2 Å². The number of halogens is 1. The summed E-state index contributed by atoms with van der Waals surface area (Å²) in [5.74, 6) is 1.23. The third-order valence-corrected chi connectivity index (χ3v) is 7.15. The zero-order valence-electron chi connectivity index (χ0n) is 20.0. The van der Waals surface area contributed by atoms with Crippen molar-refractivity contribution in [3.63, 3.8) is 0 Å². The maximum Gasteiger partial charge on any atom is 0.298 e. The van der Waals surface area contributed by atoms with Crippen molar-refractivity contribution in [1.29, 1.82) is 0 Å². The fraction of sp³-hybridized carbons (Fsp3) is 0.143. The maximum absolute atomic E-state index is 13.6. The SMILES string of the molecule is COc1ccc(C(OS(=O)(=O)c2ccc(F)cc2)(c2ccc(OC)cc2)c2ccc(OC)cc2)cc1. The molecule has 4 aromatic carbocycles. The average Bonchev–Trinajstić information content (AvgIpc) is 2.92. The Morgan fingerprint density at radius 1 is 0.556 bits per heavy atom. The van der Waals surface area contributed by atoms with Gasteiger partial charge in [-0.05, 0) is 77.4 Å². The number of methoxy groups -OCH3 is 3. The van der Waals surface area contributed by atoms with Gasteiger partial charge in [-0.1, -0.05) is 36.4 Å². The fourth-order valence-corrected chi connectivity index (χ4v) is 5.12. The van der Waals surface area contributed by atoms with Gasteiger partial charge in [0.2, 0.25) is 0 Å². The Balaban J connectivity index is 2.01. The van der Waals surface area contributed by atoms with Gasteiger partial charge in [0.05, 0.1) is 26.2 Å². The van der Waals surface area contributed by atoms with Gasteiger partial charge in [-0.25, -0.2) is 8.57 Å². The van der Waals surface area contributed by atoms with Crippen molar-refractivity contribution in [2.75, 3.05) is 21.3 Å². The van der Waals surface area contributed by atoms with E-state index in [1.807, 2.05) is 0 Å². The molecule has 0 fully saturated rings. The third kappa shape index (κ3) is 4.91. The average molecular weight is 509 g/mol. The minimum atomic E-state index is -4.39. The number of rotatable bonds is 9. The highest BCUT2D eigenvalue weighted by molar-refractivity contribution is 7.86. The van der Waals surface area contributed by atoms with E-state index >= 15 is 0 Å². The summed E-state index contributed by atoms with van der Waals surface area (Å²) in [6.07, 6.45) is 0. The molecule has 0 aromatic heterocycles. The van der Waals surface area contributed by atoms with Gasteiger partial charge in [0.25, 0.3) is 10.1 Å². The van der Waals surface area contributed by atoms with Gasteiger partial charge in [-0.15, -0.1) is 0 Å². The smallest absolute Gasteiger partial charge is 0.298 e. The number of hydrogen-bond acceptors (Lipinski definition) is 6. The van der Waals surface area contributed by atoms with Crippen LogP contribution < -0.4 is 14.2 Å². The van der Waals surface area contributed by atoms with E-state index in [1.54, 1.807) is 94.1 Å². The van der Waals surface area contributed by atoms with E-state index in [-0.39, 0.29) is 4.90 Å². The summed E-state index contributed by atoms with van der Waals surface area (Å²) in [6.45, 7) is 0. The van der Waals surface area contributed by atoms with Crippen LogP contribution in [0.2, 0.25) is 0 Å². The lowest BCUT2D eigenvalue weighted by atomic mass is 9.80. The second-order valence-electron chi connectivity index (χ2n) is 7.86. The van der Waals surface area contributed by atoms with E-state index in [2.05, 4.69) is 0 Å². The molecule has 4 aromatic rings. The molecule has 0 amide bonds. The van der Waals surface area contributed by atoms with E-state index in [1.165, 1.54) is 12.1 Å². The summed E-state index contributed by atoms with van der Waals surface area (Å²) in [5, 5.41) is 0. The predicted octanol–water partition coefficient (Wildman–Crippen LogP) is 5.55. The van der Waals surface area contributed by atoms with Crippen LogP contribution >= 0.6 is 0 Å². The highest BCUT2D eigenvalue weighted by Crippen LogP contribution is 2.44. The molecule has 0 saturated heterocycles. The summed E-state index contributed by atoms with van der Waals surface area (Å²) in [7, 11) is 0.252. The van der Waals surface area contributed by atoms with Crippen molar-refractivity contribution in [2.24, 2.45) is 0 Å². The third-order valence-electron chi connectivity index (χ3n) is 5.83. The minimum Gasteiger partial charge on any atom is -0.497 e. The monoisotopic (exact) mass is 508 g/mol. The molecule has 4 rings (SSSR count). The quantitative estimate of drug-likeness (QED) is 0.218. The summed E-state index contributed by atoms with van der Waals surface area (Å²) in [4.78, 5) is -0.177. The highest BCUT2D eigenvalue weighted by Gasteiger charge is 2.43. The van der Waals surface area contributed by atoms with Gasteiger partial charge in [0, 0.05) is 0 Å². The lowest BCUT2D eigenvalue weighted by Crippen LogP contribution is -2.35. The summed E-state index contributed by atoms with van der Waals surface area (Å²) < 4.78 is 62.9. The standard InChI is InChI=1S/C28H25FO6S/c1-32-24-12-4-20(5-13-24)28(21-6-14-25(33-2)15-7-21,22-8-16-26(34-3)17-9-22)35-36(30,31)27-18-10-23(29)11-19-27/h4-19H,1-3H3. The van der Waals surface area contributed by atoms with Crippen LogP contribution in [0, 0.1) is 5.82 Å². The first-order chi connectivity index (χ1) is 17.3. The van der Waals surface area contributed by atoms with Gasteiger partial charge < -0.3 is 14.2 Å². The molecular formula is C28H25FO6S. The summed E-state index contributed by atoms with van der Waals surface area (Å²) in [6, 6.07) is 25.3. The van der Waals surface area contributed by atoms with Crippen LogP contribution in [0.1, 0.15) is 16.7 Å². The van der Waals surface area contributed by atoms with Crippen molar-refractivity contribution >= 4 is 10.1 Å². The largest absolute Gasteiger partial charge is 0.497 e. The van der Waals surface area contributed by atoms with Crippen LogP contribution in [0.3, 0.4) is 0 Å². The normalized spacial score (nSPS) is 11.7. The Morgan fingerprint density at radius 3 is 1.19 bits per heavy atom. The van der Waals surface area contributed by atoms with E-state index in [4.69, 9.17) is 18.4 Å². The molecule has 0 saturated carbocycles. The zero-order chi connectivity index (χ0) is 25.8. The minimum absolute atomic E-state index is 0.177. The second kappa shape index (κ2) is 10.4. The van der Waals surface area contributed by atoms with Gasteiger partial charge >= 0.3 is 0 Å². The predicted molar refractivity (Wildman–Crippen MR) is 134 cm³/mol. The van der Waals surface area contributed by atoms with Crippen LogP contribution in [0.25, 0.3) is 0 Å². The summed E-state index contributed by atoms with van der Waals surface area (Å²) >= 11 is 0. The fourth-order valence-electron chi connectivity index (χ4n) is 3.94. The molecule has 0 aliphatic rings. The van der Waals surface area contributed by atoms with Crippen molar-refractivity contribution in [2.45, 2.75) is 10.5 Å². The molecule has 0 aliphatic heterocycles. The number of benzene rings is 4. The van der Waals surface area contributed by atoms with Gasteiger partial charge in [-0.3, -0.25) is 0 Å². The van der Waals surface area contributed by atoms with E-state index < -0.39 is 21.5 Å². The topological polar surface area (TPSA) is 71.1 Å². The molecule has 0 heterocycles. The van der Waals surface area contributed by atoms with Gasteiger partial charge in [-0.2, -0.15) is 8.42 Å². The first-order valence-electron chi connectivity index (χ1n) is 11.0. The van der Waals surface area contributed by atoms with Gasteiger partial charge in [0.15, 0.2) is 5.60 Å². The number of ether oxygens (including phenoxy) is 3. The first kappa shape index (κ1) is 25.2. The van der Waals surface area contributed by atoms with Crippen molar-refractivity contribution in [1.82, 2.24) is 0 Å². The highest BCUT2D eigenvalue weighted by atomic mass is 32.2. The van der Waals surface area contributed by atoms with E-state index in [9.17, 15) is 12.8 Å². The molecule has 0 aliphatic carbocycles. The Kier molecular flexibility index (Phi) is 7.28. The molecule has 186 valence electrons. The van der Waals surface area contributed by atoms with Crippen molar-refractivity contribution in [3.05, 3.63) is 120 Å². The van der Waals surface area contributed by atoms with E-state index in [0.29, 0.717) is 33.9 Å². The molecule has 0 unspecified atom stereocenters. The number of hydrogen-bond donors (Lipinski definition) is 0. The Hall–Kier alpha value is -3.88. The van der Waals surface area contributed by atoms with E-state index in [0.717, 1.165) is 12.1 Å². The van der Waals surface area contributed by atoms with Gasteiger partial charge in [0.1, 0.15) is 23.1 Å². The Morgan fingerprint density at radius 2 is 0.889 bits per heavy atom. The maximum atomic E-state index is 13.6. The van der Waals surface area contributed by atoms with Crippen molar-refractivity contribution < 1.29 is 31.2 Å². The van der Waals surface area contributed by atoms with Crippen LogP contribution in [0.15, 0.2) is 102 Å². The van der Waals surface area contributed by atoms with Crippen LogP contribution in [-0.2, 0) is 19.9 Å². The molecule has 0 spiro atoms. The molecule has 0 atom stereocenters. The molecule has 8 heteroatoms. The lowest BCUT2D eigenvalue weighted by Gasteiger charge is -2.35. The molecule has 0 radical (unpaired) electrons. The molecule has 36 heavy (non-hydrogen) atoms. The van der Waals surface area contributed by atoms with Crippen LogP contribution in [0.4, 0.5) is 4.39 Å². The lowest BCUT2D eigenvalue weighted by molar-refractivity contribution is 0.163. The molecule has 6 nitrogen and oxygen atoms in total.